The van der Waals surface area contributed by atoms with Gasteiger partial charge in [0.2, 0.25) is 5.88 Å². The molecule has 0 N–H and O–H groups in total. The van der Waals surface area contributed by atoms with Crippen molar-refractivity contribution in [2.24, 2.45) is 5.41 Å². The molecule has 1 heterocycles. The second kappa shape index (κ2) is 4.96. The Morgan fingerprint density at radius 2 is 1.94 bits per heavy atom. The minimum absolute atomic E-state index is 0.179. The van der Waals surface area contributed by atoms with E-state index < -0.39 is 18.2 Å². The van der Waals surface area contributed by atoms with Gasteiger partial charge in [-0.15, -0.1) is 0 Å². The first-order valence-corrected chi connectivity index (χ1v) is 5.30. The second-order valence-electron chi connectivity index (χ2n) is 4.87. The Bertz CT molecular complexity index is 436. The van der Waals surface area contributed by atoms with Gasteiger partial charge in [-0.1, -0.05) is 20.8 Å². The Hall–Kier alpha value is -1.59. The third kappa shape index (κ3) is 4.35. The van der Waals surface area contributed by atoms with Crippen LogP contribution in [0, 0.1) is 5.41 Å². The molecule has 3 nitrogen and oxygen atoms in total. The lowest BCUT2D eigenvalue weighted by atomic mass is 9.87. The Labute approximate surface area is 103 Å². The minimum atomic E-state index is -4.42. The van der Waals surface area contributed by atoms with Crippen LogP contribution in [0.1, 0.15) is 31.1 Å². The first kappa shape index (κ1) is 14.5. The zero-order valence-electron chi connectivity index (χ0n) is 10.3. The van der Waals surface area contributed by atoms with Crippen molar-refractivity contribution < 1.29 is 22.7 Å². The van der Waals surface area contributed by atoms with Gasteiger partial charge in [0.1, 0.15) is 0 Å². The zero-order valence-corrected chi connectivity index (χ0v) is 10.3. The topological polar surface area (TPSA) is 39.2 Å². The van der Waals surface area contributed by atoms with Crippen molar-refractivity contribution >= 4 is 5.78 Å². The van der Waals surface area contributed by atoms with Crippen LogP contribution in [0.15, 0.2) is 18.3 Å². The molecule has 6 heteroatoms. The summed E-state index contributed by atoms with van der Waals surface area (Å²) in [7, 11) is 0. The Morgan fingerprint density at radius 1 is 1.33 bits per heavy atom. The second-order valence-corrected chi connectivity index (χ2v) is 4.87. The first-order valence-electron chi connectivity index (χ1n) is 5.30. The number of carbonyl (C=O) groups excluding carboxylic acids is 1. The maximum atomic E-state index is 12.0. The summed E-state index contributed by atoms with van der Waals surface area (Å²) in [6, 6.07) is 2.67. The third-order valence-electron chi connectivity index (χ3n) is 2.06. The molecule has 0 spiro atoms. The number of Topliss-reactive ketones (excluding diaryl/α,β-unsaturated/α-hetero) is 1. The van der Waals surface area contributed by atoms with Crippen LogP contribution in [-0.2, 0) is 0 Å². The Morgan fingerprint density at radius 3 is 2.44 bits per heavy atom. The van der Waals surface area contributed by atoms with Gasteiger partial charge in [-0.05, 0) is 6.07 Å². The lowest BCUT2D eigenvalue weighted by molar-refractivity contribution is -0.154. The number of ketones is 1. The number of hydrogen-bond donors (Lipinski definition) is 0. The van der Waals surface area contributed by atoms with E-state index in [9.17, 15) is 18.0 Å². The zero-order chi connectivity index (χ0) is 14.0. The van der Waals surface area contributed by atoms with Crippen molar-refractivity contribution in [3.8, 4) is 5.88 Å². The van der Waals surface area contributed by atoms with Crippen LogP contribution < -0.4 is 4.74 Å². The minimum Gasteiger partial charge on any atom is -0.468 e. The van der Waals surface area contributed by atoms with Gasteiger partial charge in [-0.25, -0.2) is 4.98 Å². The molecule has 0 unspecified atom stereocenters. The van der Waals surface area contributed by atoms with Crippen LogP contribution in [0.5, 0.6) is 5.88 Å². The molecule has 0 bridgehead atoms. The number of carbonyl (C=O) groups is 1. The number of alkyl halides is 3. The molecule has 0 saturated carbocycles. The van der Waals surface area contributed by atoms with Crippen LogP contribution in [0.3, 0.4) is 0 Å². The number of halogens is 3. The highest BCUT2D eigenvalue weighted by atomic mass is 19.4. The molecule has 0 aliphatic heterocycles. The lowest BCUT2D eigenvalue weighted by Crippen LogP contribution is -2.21. The predicted octanol–water partition coefficient (Wildman–Crippen LogP) is 3.25. The van der Waals surface area contributed by atoms with Gasteiger partial charge in [0.05, 0.1) is 0 Å². The summed E-state index contributed by atoms with van der Waals surface area (Å²) in [4.78, 5) is 15.5. The van der Waals surface area contributed by atoms with Crippen molar-refractivity contribution in [2.75, 3.05) is 6.61 Å². The highest BCUT2D eigenvalue weighted by Gasteiger charge is 2.29. The molecule has 1 aromatic rings. The van der Waals surface area contributed by atoms with E-state index in [1.807, 2.05) is 0 Å². The van der Waals surface area contributed by atoms with Gasteiger partial charge >= 0.3 is 6.18 Å². The van der Waals surface area contributed by atoms with Crippen LogP contribution in [0.25, 0.3) is 0 Å². The van der Waals surface area contributed by atoms with Crippen molar-refractivity contribution in [2.45, 2.75) is 26.9 Å². The van der Waals surface area contributed by atoms with E-state index in [0.717, 1.165) is 0 Å². The standard InChI is InChI=1S/C12H14F3NO2/c1-11(2,3)10(17)8-4-5-16-9(6-8)18-7-12(13,14)15/h4-6H,7H2,1-3H3. The molecule has 18 heavy (non-hydrogen) atoms. The molecule has 100 valence electrons. The number of pyridine rings is 1. The molecule has 1 rings (SSSR count). The Kier molecular flexibility index (Phi) is 3.98. The quantitative estimate of drug-likeness (QED) is 0.784. The molecule has 0 atom stereocenters. The van der Waals surface area contributed by atoms with Crippen molar-refractivity contribution in [3.05, 3.63) is 23.9 Å². The average Bonchev–Trinajstić information content (AvgIpc) is 2.23. The van der Waals surface area contributed by atoms with Gasteiger partial charge in [0.15, 0.2) is 12.4 Å². The molecule has 0 aromatic carbocycles. The van der Waals surface area contributed by atoms with Crippen LogP contribution in [0.2, 0.25) is 0 Å². The molecule has 0 saturated heterocycles. The van der Waals surface area contributed by atoms with E-state index >= 15 is 0 Å². The van der Waals surface area contributed by atoms with Gasteiger partial charge in [-0.2, -0.15) is 13.2 Å². The van der Waals surface area contributed by atoms with Crippen molar-refractivity contribution in [1.82, 2.24) is 4.98 Å². The Balaban J connectivity index is 2.84. The molecule has 1 aromatic heterocycles. The summed E-state index contributed by atoms with van der Waals surface area (Å²) < 4.78 is 40.4. The van der Waals surface area contributed by atoms with Crippen LogP contribution in [-0.4, -0.2) is 23.6 Å². The fourth-order valence-electron chi connectivity index (χ4n) is 1.22. The fraction of sp³-hybridized carbons (Fsp3) is 0.500. The summed E-state index contributed by atoms with van der Waals surface area (Å²) in [5.74, 6) is -0.385. The summed E-state index contributed by atoms with van der Waals surface area (Å²) in [5.41, 5.74) is -0.322. The van der Waals surface area contributed by atoms with E-state index in [1.165, 1.54) is 18.3 Å². The van der Waals surface area contributed by atoms with E-state index in [1.54, 1.807) is 20.8 Å². The molecule has 0 fully saturated rings. The molecule has 0 radical (unpaired) electrons. The van der Waals surface area contributed by atoms with Gasteiger partial charge in [0.25, 0.3) is 0 Å². The van der Waals surface area contributed by atoms with Gasteiger partial charge in [-0.3, -0.25) is 4.79 Å². The summed E-state index contributed by atoms with van der Waals surface area (Å²) in [6.07, 6.45) is -3.17. The number of ether oxygens (including phenoxy) is 1. The van der Waals surface area contributed by atoms with Crippen molar-refractivity contribution in [1.29, 1.82) is 0 Å². The van der Waals surface area contributed by atoms with Gasteiger partial charge in [0, 0.05) is 23.2 Å². The molecular weight excluding hydrogens is 247 g/mol. The first-order chi connectivity index (χ1) is 8.09. The summed E-state index contributed by atoms with van der Waals surface area (Å²) >= 11 is 0. The number of rotatable bonds is 3. The molecular formula is C12H14F3NO2. The summed E-state index contributed by atoms with van der Waals surface area (Å²) in [6.45, 7) is 3.76. The van der Waals surface area contributed by atoms with E-state index in [4.69, 9.17) is 0 Å². The van der Waals surface area contributed by atoms with Crippen LogP contribution >= 0.6 is 0 Å². The smallest absolute Gasteiger partial charge is 0.422 e. The summed E-state index contributed by atoms with van der Waals surface area (Å²) in [5, 5.41) is 0. The average molecular weight is 261 g/mol. The maximum Gasteiger partial charge on any atom is 0.422 e. The normalized spacial score (nSPS) is 12.3. The number of nitrogens with zero attached hydrogens (tertiary/aromatic N) is 1. The van der Waals surface area contributed by atoms with E-state index in [2.05, 4.69) is 9.72 Å². The highest BCUT2D eigenvalue weighted by Crippen LogP contribution is 2.23. The predicted molar refractivity (Wildman–Crippen MR) is 59.6 cm³/mol. The molecule has 0 aliphatic rings. The van der Waals surface area contributed by atoms with Crippen molar-refractivity contribution in [3.63, 3.8) is 0 Å². The fourth-order valence-corrected chi connectivity index (χ4v) is 1.22. The highest BCUT2D eigenvalue weighted by molar-refractivity contribution is 5.99. The molecule has 0 aliphatic carbocycles. The van der Waals surface area contributed by atoms with Crippen LogP contribution in [0.4, 0.5) is 13.2 Å². The van der Waals surface area contributed by atoms with Gasteiger partial charge < -0.3 is 4.74 Å². The number of hydrogen-bond acceptors (Lipinski definition) is 3. The SMILES string of the molecule is CC(C)(C)C(=O)c1ccnc(OCC(F)(F)F)c1. The monoisotopic (exact) mass is 261 g/mol. The number of aromatic nitrogens is 1. The van der Waals surface area contributed by atoms with E-state index in [0.29, 0.717) is 0 Å². The lowest BCUT2D eigenvalue weighted by Gasteiger charge is -2.17. The van der Waals surface area contributed by atoms with E-state index in [-0.39, 0.29) is 17.2 Å². The maximum absolute atomic E-state index is 12.0. The third-order valence-corrected chi connectivity index (χ3v) is 2.06. The molecule has 0 amide bonds. The largest absolute Gasteiger partial charge is 0.468 e.